The zero-order valence-electron chi connectivity index (χ0n) is 10.3. The third-order valence-electron chi connectivity index (χ3n) is 2.62. The SMILES string of the molecule is CCC(CCO)NC(=O)c1cc([N+](=O)[O-])c(C)s1. The molecular weight excluding hydrogens is 256 g/mol. The Bertz CT molecular complexity index is 444. The van der Waals surface area contributed by atoms with Crippen molar-refractivity contribution in [1.82, 2.24) is 5.32 Å². The number of carbonyl (C=O) groups excluding carboxylic acids is 1. The van der Waals surface area contributed by atoms with Gasteiger partial charge in [0, 0.05) is 18.7 Å². The van der Waals surface area contributed by atoms with Gasteiger partial charge in [0.05, 0.1) is 14.7 Å². The van der Waals surface area contributed by atoms with E-state index in [2.05, 4.69) is 5.32 Å². The number of nitrogens with zero attached hydrogens (tertiary/aromatic N) is 1. The van der Waals surface area contributed by atoms with Crippen LogP contribution in [0, 0.1) is 17.0 Å². The molecule has 7 heteroatoms. The fourth-order valence-electron chi connectivity index (χ4n) is 1.56. The summed E-state index contributed by atoms with van der Waals surface area (Å²) in [5.74, 6) is -0.323. The Hall–Kier alpha value is -1.47. The van der Waals surface area contributed by atoms with Gasteiger partial charge in [0.15, 0.2) is 0 Å². The summed E-state index contributed by atoms with van der Waals surface area (Å²) in [7, 11) is 0. The fraction of sp³-hybridized carbons (Fsp3) is 0.545. The zero-order valence-corrected chi connectivity index (χ0v) is 11.1. The molecule has 0 aliphatic rings. The summed E-state index contributed by atoms with van der Waals surface area (Å²) in [6, 6.07) is 1.19. The van der Waals surface area contributed by atoms with Crippen LogP contribution >= 0.6 is 11.3 Å². The van der Waals surface area contributed by atoms with Crippen molar-refractivity contribution in [2.45, 2.75) is 32.7 Å². The lowest BCUT2D eigenvalue weighted by molar-refractivity contribution is -0.385. The van der Waals surface area contributed by atoms with Gasteiger partial charge in [-0.1, -0.05) is 6.92 Å². The van der Waals surface area contributed by atoms with Gasteiger partial charge >= 0.3 is 0 Å². The molecule has 1 rings (SSSR count). The van der Waals surface area contributed by atoms with Gasteiger partial charge in [-0.3, -0.25) is 14.9 Å². The predicted octanol–water partition coefficient (Wildman–Crippen LogP) is 1.86. The molecule has 0 aliphatic carbocycles. The highest BCUT2D eigenvalue weighted by Gasteiger charge is 2.20. The van der Waals surface area contributed by atoms with Crippen LogP contribution in [0.4, 0.5) is 5.69 Å². The van der Waals surface area contributed by atoms with Gasteiger partial charge in [0.2, 0.25) is 0 Å². The molecular formula is C11H16N2O4S. The molecule has 1 aromatic rings. The Labute approximate surface area is 109 Å². The van der Waals surface area contributed by atoms with Crippen LogP contribution in [0.2, 0.25) is 0 Å². The summed E-state index contributed by atoms with van der Waals surface area (Å²) >= 11 is 1.11. The quantitative estimate of drug-likeness (QED) is 0.610. The van der Waals surface area contributed by atoms with Gasteiger partial charge in [0.1, 0.15) is 0 Å². The molecule has 1 amide bonds. The monoisotopic (exact) mass is 272 g/mol. The Balaban J connectivity index is 2.78. The second-order valence-electron chi connectivity index (χ2n) is 3.90. The minimum Gasteiger partial charge on any atom is -0.396 e. The molecule has 18 heavy (non-hydrogen) atoms. The molecule has 6 nitrogen and oxygen atoms in total. The summed E-state index contributed by atoms with van der Waals surface area (Å²) in [4.78, 5) is 22.9. The van der Waals surface area contributed by atoms with Crippen molar-refractivity contribution in [1.29, 1.82) is 0 Å². The molecule has 0 saturated heterocycles. The minimum atomic E-state index is -0.492. The smallest absolute Gasteiger partial charge is 0.283 e. The van der Waals surface area contributed by atoms with E-state index in [9.17, 15) is 14.9 Å². The largest absolute Gasteiger partial charge is 0.396 e. The molecule has 1 atom stereocenters. The second kappa shape index (κ2) is 6.46. The van der Waals surface area contributed by atoms with Gasteiger partial charge in [0.25, 0.3) is 11.6 Å². The number of aliphatic hydroxyl groups excluding tert-OH is 1. The van der Waals surface area contributed by atoms with Crippen molar-refractivity contribution in [2.24, 2.45) is 0 Å². The van der Waals surface area contributed by atoms with Crippen LogP contribution in [0.3, 0.4) is 0 Å². The first kappa shape index (κ1) is 14.6. The fourth-order valence-corrected chi connectivity index (χ4v) is 2.45. The Kier molecular flexibility index (Phi) is 5.24. The topological polar surface area (TPSA) is 92.5 Å². The highest BCUT2D eigenvalue weighted by molar-refractivity contribution is 7.14. The summed E-state index contributed by atoms with van der Waals surface area (Å²) in [6.45, 7) is 3.52. The Morgan fingerprint density at radius 2 is 2.33 bits per heavy atom. The maximum Gasteiger partial charge on any atom is 0.283 e. The average Bonchev–Trinajstić information content (AvgIpc) is 2.70. The number of hydrogen-bond acceptors (Lipinski definition) is 5. The first-order valence-electron chi connectivity index (χ1n) is 5.66. The van der Waals surface area contributed by atoms with Crippen molar-refractivity contribution in [2.75, 3.05) is 6.61 Å². The van der Waals surface area contributed by atoms with E-state index < -0.39 is 4.92 Å². The lowest BCUT2D eigenvalue weighted by Crippen LogP contribution is -2.34. The number of rotatable bonds is 6. The molecule has 100 valence electrons. The lowest BCUT2D eigenvalue weighted by Gasteiger charge is -2.14. The summed E-state index contributed by atoms with van der Waals surface area (Å²) in [5, 5.41) is 22.3. The number of nitro groups is 1. The van der Waals surface area contributed by atoms with Gasteiger partial charge < -0.3 is 10.4 Å². The van der Waals surface area contributed by atoms with Crippen LogP contribution in [0.5, 0.6) is 0 Å². The van der Waals surface area contributed by atoms with Crippen molar-refractivity contribution in [3.05, 3.63) is 25.9 Å². The van der Waals surface area contributed by atoms with Gasteiger partial charge in [-0.2, -0.15) is 0 Å². The summed E-state index contributed by atoms with van der Waals surface area (Å²) in [5.41, 5.74) is -0.0274. The number of amides is 1. The third kappa shape index (κ3) is 3.51. The third-order valence-corrected chi connectivity index (χ3v) is 3.66. The van der Waals surface area contributed by atoms with Crippen molar-refractivity contribution < 1.29 is 14.8 Å². The molecule has 2 N–H and O–H groups in total. The van der Waals surface area contributed by atoms with Crippen molar-refractivity contribution in [3.8, 4) is 0 Å². The average molecular weight is 272 g/mol. The van der Waals surface area contributed by atoms with E-state index in [1.807, 2.05) is 6.92 Å². The van der Waals surface area contributed by atoms with E-state index in [1.54, 1.807) is 6.92 Å². The van der Waals surface area contributed by atoms with E-state index in [0.29, 0.717) is 22.6 Å². The molecule has 1 heterocycles. The van der Waals surface area contributed by atoms with E-state index in [1.165, 1.54) is 6.07 Å². The van der Waals surface area contributed by atoms with Gasteiger partial charge in [-0.15, -0.1) is 11.3 Å². The van der Waals surface area contributed by atoms with Crippen LogP contribution in [0.1, 0.15) is 34.3 Å². The number of aliphatic hydroxyl groups is 1. The number of nitrogens with one attached hydrogen (secondary N) is 1. The van der Waals surface area contributed by atoms with Crippen LogP contribution in [-0.2, 0) is 0 Å². The molecule has 0 saturated carbocycles. The molecule has 1 aromatic heterocycles. The number of thiophene rings is 1. The standard InChI is InChI=1S/C11H16N2O4S/c1-3-8(4-5-14)12-11(15)10-6-9(13(16)17)7(2)18-10/h6,8,14H,3-5H2,1-2H3,(H,12,15). The number of aryl methyl sites for hydroxylation is 1. The van der Waals surface area contributed by atoms with E-state index in [-0.39, 0.29) is 24.2 Å². The Morgan fingerprint density at radius 3 is 2.78 bits per heavy atom. The molecule has 1 unspecified atom stereocenters. The molecule has 0 aromatic carbocycles. The summed E-state index contributed by atoms with van der Waals surface area (Å²) in [6.07, 6.45) is 1.19. The maximum absolute atomic E-state index is 11.9. The van der Waals surface area contributed by atoms with Crippen LogP contribution in [-0.4, -0.2) is 28.6 Å². The van der Waals surface area contributed by atoms with Crippen molar-refractivity contribution in [3.63, 3.8) is 0 Å². The first-order valence-corrected chi connectivity index (χ1v) is 6.47. The zero-order chi connectivity index (χ0) is 13.7. The molecule has 0 bridgehead atoms. The first-order chi connectivity index (χ1) is 8.49. The van der Waals surface area contributed by atoms with E-state index in [4.69, 9.17) is 5.11 Å². The van der Waals surface area contributed by atoms with Crippen molar-refractivity contribution >= 4 is 22.9 Å². The van der Waals surface area contributed by atoms with Crippen LogP contribution < -0.4 is 5.32 Å². The molecule has 0 aliphatic heterocycles. The maximum atomic E-state index is 11.9. The number of carbonyl (C=O) groups is 1. The second-order valence-corrected chi connectivity index (χ2v) is 5.16. The van der Waals surface area contributed by atoms with Crippen LogP contribution in [0.25, 0.3) is 0 Å². The minimum absolute atomic E-state index is 0.00238. The lowest BCUT2D eigenvalue weighted by atomic mass is 10.1. The van der Waals surface area contributed by atoms with E-state index in [0.717, 1.165) is 11.3 Å². The highest BCUT2D eigenvalue weighted by Crippen LogP contribution is 2.28. The molecule has 0 spiro atoms. The predicted molar refractivity (Wildman–Crippen MR) is 69.0 cm³/mol. The normalized spacial score (nSPS) is 12.2. The van der Waals surface area contributed by atoms with Gasteiger partial charge in [-0.25, -0.2) is 0 Å². The number of hydrogen-bond donors (Lipinski definition) is 2. The van der Waals surface area contributed by atoms with Crippen LogP contribution in [0.15, 0.2) is 6.07 Å². The molecule has 0 fully saturated rings. The Morgan fingerprint density at radius 1 is 1.67 bits per heavy atom. The summed E-state index contributed by atoms with van der Waals surface area (Å²) < 4.78 is 0. The van der Waals surface area contributed by atoms with Gasteiger partial charge in [-0.05, 0) is 19.8 Å². The molecule has 0 radical (unpaired) electrons. The van der Waals surface area contributed by atoms with E-state index >= 15 is 0 Å². The highest BCUT2D eigenvalue weighted by atomic mass is 32.1.